The number of hydrogen-bond acceptors (Lipinski definition) is 7. The van der Waals surface area contributed by atoms with Gasteiger partial charge in [-0.1, -0.05) is 5.16 Å². The molecule has 3 aromatic heterocycles. The normalized spacial score (nSPS) is 10.9. The molecular weight excluding hydrogens is 370 g/mol. The number of nitrogens with one attached hydrogen (secondary N) is 2. The smallest absolute Gasteiger partial charge is 0.220 e. The molecule has 0 saturated heterocycles. The lowest BCUT2D eigenvalue weighted by Gasteiger charge is -2.08. The molecule has 3 heterocycles. The number of hydrogen-bond donors (Lipinski definition) is 2. The Bertz CT molecular complexity index is 970. The summed E-state index contributed by atoms with van der Waals surface area (Å²) in [5.41, 5.74) is 5.04. The topological polar surface area (TPSA) is 111 Å². The van der Waals surface area contributed by atoms with E-state index in [1.165, 1.54) is 0 Å². The van der Waals surface area contributed by atoms with E-state index in [0.717, 1.165) is 34.0 Å². The Morgan fingerprint density at radius 2 is 1.86 bits per heavy atom. The van der Waals surface area contributed by atoms with E-state index in [2.05, 4.69) is 31.1 Å². The largest absolute Gasteiger partial charge is 0.367 e. The minimum absolute atomic E-state index is 0.00636. The Hall–Kier alpha value is -3.23. The zero-order chi connectivity index (χ0) is 21.0. The minimum Gasteiger partial charge on any atom is -0.367 e. The average molecular weight is 397 g/mol. The summed E-state index contributed by atoms with van der Waals surface area (Å²) in [6.45, 7) is 10.8. The third kappa shape index (κ3) is 4.79. The van der Waals surface area contributed by atoms with Crippen LogP contribution in [0.5, 0.6) is 0 Å². The van der Waals surface area contributed by atoms with Crippen LogP contribution < -0.4 is 10.6 Å². The third-order valence-electron chi connectivity index (χ3n) is 5.06. The molecule has 154 valence electrons. The molecule has 0 unspecified atom stereocenters. The first-order valence-corrected chi connectivity index (χ1v) is 9.66. The summed E-state index contributed by atoms with van der Waals surface area (Å²) >= 11 is 0. The zero-order valence-electron chi connectivity index (χ0n) is 17.5. The first-order chi connectivity index (χ1) is 13.9. The van der Waals surface area contributed by atoms with Crippen molar-refractivity contribution in [1.29, 1.82) is 0 Å². The van der Waals surface area contributed by atoms with Gasteiger partial charge in [-0.25, -0.2) is 4.68 Å². The van der Waals surface area contributed by atoms with Crippen molar-refractivity contribution in [3.63, 3.8) is 0 Å². The Balaban J connectivity index is 1.42. The van der Waals surface area contributed by atoms with E-state index in [-0.39, 0.29) is 5.91 Å². The summed E-state index contributed by atoms with van der Waals surface area (Å²) in [5, 5.41) is 22.9. The van der Waals surface area contributed by atoms with Gasteiger partial charge in [-0.15, -0.1) is 10.2 Å². The van der Waals surface area contributed by atoms with Crippen LogP contribution >= 0.6 is 0 Å². The molecule has 29 heavy (non-hydrogen) atoms. The van der Waals surface area contributed by atoms with E-state index in [4.69, 9.17) is 4.52 Å². The molecule has 3 rings (SSSR count). The molecule has 1 amide bonds. The van der Waals surface area contributed by atoms with Crippen LogP contribution in [0.2, 0.25) is 0 Å². The summed E-state index contributed by atoms with van der Waals surface area (Å²) in [7, 11) is 0. The van der Waals surface area contributed by atoms with Crippen LogP contribution in [0.25, 0.3) is 5.82 Å². The number of carbonyl (C=O) groups excluding carboxylic acids is 1. The fourth-order valence-corrected chi connectivity index (χ4v) is 3.05. The van der Waals surface area contributed by atoms with Crippen molar-refractivity contribution >= 4 is 11.7 Å². The quantitative estimate of drug-likeness (QED) is 0.561. The summed E-state index contributed by atoms with van der Waals surface area (Å²) in [4.78, 5) is 12.0. The van der Waals surface area contributed by atoms with Crippen molar-refractivity contribution in [2.75, 3.05) is 18.4 Å². The average Bonchev–Trinajstić information content (AvgIpc) is 3.17. The van der Waals surface area contributed by atoms with Gasteiger partial charge in [-0.2, -0.15) is 5.10 Å². The molecule has 0 bridgehead atoms. The zero-order valence-corrected chi connectivity index (χ0v) is 17.5. The highest BCUT2D eigenvalue weighted by Gasteiger charge is 2.12. The molecule has 0 aromatic carbocycles. The molecule has 3 aromatic rings. The van der Waals surface area contributed by atoms with Gasteiger partial charge in [0.2, 0.25) is 5.91 Å². The molecule has 0 aliphatic carbocycles. The van der Waals surface area contributed by atoms with Gasteiger partial charge in [0.1, 0.15) is 11.6 Å². The monoisotopic (exact) mass is 397 g/mol. The molecule has 0 radical (unpaired) electrons. The van der Waals surface area contributed by atoms with E-state index in [1.807, 2.05) is 46.8 Å². The number of rotatable bonds is 8. The predicted octanol–water partition coefficient (Wildman–Crippen LogP) is 2.35. The Morgan fingerprint density at radius 1 is 1.07 bits per heavy atom. The number of carbonyl (C=O) groups is 1. The maximum atomic E-state index is 12.0. The van der Waals surface area contributed by atoms with Gasteiger partial charge in [0.15, 0.2) is 5.82 Å². The molecule has 9 heteroatoms. The van der Waals surface area contributed by atoms with Crippen LogP contribution in [0.15, 0.2) is 16.7 Å². The van der Waals surface area contributed by atoms with E-state index in [1.54, 1.807) is 4.68 Å². The summed E-state index contributed by atoms with van der Waals surface area (Å²) in [6.07, 6.45) is 1.03. The second-order valence-corrected chi connectivity index (χ2v) is 7.06. The van der Waals surface area contributed by atoms with E-state index in [9.17, 15) is 4.79 Å². The van der Waals surface area contributed by atoms with Crippen molar-refractivity contribution < 1.29 is 9.32 Å². The van der Waals surface area contributed by atoms with Crippen LogP contribution in [0.3, 0.4) is 0 Å². The van der Waals surface area contributed by atoms with Crippen molar-refractivity contribution in [2.24, 2.45) is 0 Å². The standard InChI is InChI=1S/C20H27N7O2/c1-12-13(2)25-27(15(12)4)19-8-7-18(23-24-19)21-10-11-22-20(28)9-6-17-14(3)26-29-16(17)5/h7-8H,6,9-11H2,1-5H3,(H,21,23)(H,22,28). The van der Waals surface area contributed by atoms with Gasteiger partial charge < -0.3 is 15.2 Å². The second-order valence-electron chi connectivity index (χ2n) is 7.06. The Morgan fingerprint density at radius 3 is 2.45 bits per heavy atom. The summed E-state index contributed by atoms with van der Waals surface area (Å²) < 4.78 is 6.91. The van der Waals surface area contributed by atoms with Crippen LogP contribution in [0, 0.1) is 34.6 Å². The van der Waals surface area contributed by atoms with Gasteiger partial charge in [-0.05, 0) is 58.7 Å². The van der Waals surface area contributed by atoms with Crippen LogP contribution in [-0.4, -0.2) is 44.1 Å². The molecule has 0 fully saturated rings. The molecule has 0 aliphatic rings. The van der Waals surface area contributed by atoms with Gasteiger partial charge in [-0.3, -0.25) is 4.79 Å². The second kappa shape index (κ2) is 8.85. The minimum atomic E-state index is -0.00636. The Kier molecular flexibility index (Phi) is 6.26. The van der Waals surface area contributed by atoms with E-state index >= 15 is 0 Å². The van der Waals surface area contributed by atoms with Crippen LogP contribution in [-0.2, 0) is 11.2 Å². The third-order valence-corrected chi connectivity index (χ3v) is 5.06. The number of aryl methyl sites for hydroxylation is 3. The molecule has 0 spiro atoms. The summed E-state index contributed by atoms with van der Waals surface area (Å²) in [5.74, 6) is 2.09. The maximum absolute atomic E-state index is 12.0. The molecule has 2 N–H and O–H groups in total. The molecule has 0 saturated carbocycles. The van der Waals surface area contributed by atoms with Gasteiger partial charge >= 0.3 is 0 Å². The lowest BCUT2D eigenvalue weighted by molar-refractivity contribution is -0.120. The highest BCUT2D eigenvalue weighted by molar-refractivity contribution is 5.76. The van der Waals surface area contributed by atoms with Gasteiger partial charge in [0.25, 0.3) is 0 Å². The van der Waals surface area contributed by atoms with Crippen LogP contribution in [0.4, 0.5) is 5.82 Å². The predicted molar refractivity (Wildman–Crippen MR) is 109 cm³/mol. The fraction of sp³-hybridized carbons (Fsp3) is 0.450. The van der Waals surface area contributed by atoms with Crippen molar-refractivity contribution in [1.82, 2.24) is 30.5 Å². The highest BCUT2D eigenvalue weighted by atomic mass is 16.5. The number of nitrogens with zero attached hydrogens (tertiary/aromatic N) is 5. The Labute approximate surface area is 169 Å². The number of aromatic nitrogens is 5. The number of anilines is 1. The first-order valence-electron chi connectivity index (χ1n) is 9.66. The number of amides is 1. The lowest BCUT2D eigenvalue weighted by atomic mass is 10.1. The molecule has 9 nitrogen and oxygen atoms in total. The maximum Gasteiger partial charge on any atom is 0.220 e. The van der Waals surface area contributed by atoms with Crippen molar-refractivity contribution in [2.45, 2.75) is 47.5 Å². The van der Waals surface area contributed by atoms with E-state index < -0.39 is 0 Å². The van der Waals surface area contributed by atoms with E-state index in [0.29, 0.717) is 37.6 Å². The first kappa shape index (κ1) is 20.5. The molecule has 0 aliphatic heterocycles. The van der Waals surface area contributed by atoms with Gasteiger partial charge in [0.05, 0.1) is 11.4 Å². The molecule has 0 atom stereocenters. The molecular formula is C20H27N7O2. The van der Waals surface area contributed by atoms with Crippen molar-refractivity contribution in [3.05, 3.63) is 46.1 Å². The van der Waals surface area contributed by atoms with Crippen LogP contribution in [0.1, 0.15) is 40.4 Å². The van der Waals surface area contributed by atoms with Crippen molar-refractivity contribution in [3.8, 4) is 5.82 Å². The lowest BCUT2D eigenvalue weighted by Crippen LogP contribution is -2.29. The highest BCUT2D eigenvalue weighted by Crippen LogP contribution is 2.16. The van der Waals surface area contributed by atoms with Gasteiger partial charge in [0, 0.05) is 30.8 Å². The summed E-state index contributed by atoms with van der Waals surface area (Å²) in [6, 6.07) is 3.73. The fourth-order valence-electron chi connectivity index (χ4n) is 3.05. The SMILES string of the molecule is Cc1nn(-c2ccc(NCCNC(=O)CCc3c(C)noc3C)nn2)c(C)c1C.